The Morgan fingerprint density at radius 2 is 1.36 bits per heavy atom. The van der Waals surface area contributed by atoms with Crippen LogP contribution >= 0.6 is 0 Å². The molecule has 2 aromatic carbocycles. The SMILES string of the molecule is O=C(O)CCCCCCC/C=C\C/C=C\C/C=C\CCc1c(O)cc2oc(-c3ccc(O)c(O)c3)c(O)c(=O)c2c1O. The summed E-state index contributed by atoms with van der Waals surface area (Å²) in [5.74, 6) is -3.35. The first-order chi connectivity index (χ1) is 20.2. The van der Waals surface area contributed by atoms with Crippen LogP contribution in [0.4, 0.5) is 0 Å². The van der Waals surface area contributed by atoms with E-state index in [1.54, 1.807) is 0 Å². The number of carboxylic acid groups (broad SMARTS) is 1. The van der Waals surface area contributed by atoms with Gasteiger partial charge in [-0.25, -0.2) is 0 Å². The van der Waals surface area contributed by atoms with Crippen LogP contribution in [0.2, 0.25) is 0 Å². The van der Waals surface area contributed by atoms with Crippen molar-refractivity contribution < 1.29 is 39.9 Å². The number of allylic oxidation sites excluding steroid dienone is 6. The third-order valence-electron chi connectivity index (χ3n) is 6.82. The molecule has 1 heterocycles. The second kappa shape index (κ2) is 16.0. The minimum absolute atomic E-state index is 0.123. The first-order valence-electron chi connectivity index (χ1n) is 14.1. The zero-order chi connectivity index (χ0) is 30.5. The number of phenols is 4. The summed E-state index contributed by atoms with van der Waals surface area (Å²) in [6.45, 7) is 0. The molecule has 0 atom stereocenters. The number of unbranched alkanes of at least 4 members (excludes halogenated alkanes) is 5. The summed E-state index contributed by atoms with van der Waals surface area (Å²) < 4.78 is 5.61. The Morgan fingerprint density at radius 3 is 2.05 bits per heavy atom. The highest BCUT2D eigenvalue weighted by Crippen LogP contribution is 2.40. The fourth-order valence-corrected chi connectivity index (χ4v) is 4.53. The maximum atomic E-state index is 12.9. The van der Waals surface area contributed by atoms with Crippen molar-refractivity contribution in [2.45, 2.75) is 70.6 Å². The molecular weight excluding hydrogens is 540 g/mol. The van der Waals surface area contributed by atoms with Gasteiger partial charge < -0.3 is 35.1 Å². The molecule has 0 aliphatic heterocycles. The van der Waals surface area contributed by atoms with Crippen LogP contribution in [0.5, 0.6) is 28.7 Å². The molecule has 3 aromatic rings. The second-order valence-corrected chi connectivity index (χ2v) is 10.0. The first-order valence-corrected chi connectivity index (χ1v) is 14.1. The first kappa shape index (κ1) is 31.9. The van der Waals surface area contributed by atoms with E-state index >= 15 is 0 Å². The number of hydrogen-bond acceptors (Lipinski definition) is 8. The molecule has 0 aliphatic carbocycles. The molecule has 0 bridgehead atoms. The lowest BCUT2D eigenvalue weighted by Crippen LogP contribution is -2.04. The molecule has 0 amide bonds. The highest BCUT2D eigenvalue weighted by molar-refractivity contribution is 5.90. The van der Waals surface area contributed by atoms with Crippen LogP contribution in [0.3, 0.4) is 0 Å². The van der Waals surface area contributed by atoms with E-state index in [1.165, 1.54) is 18.2 Å². The van der Waals surface area contributed by atoms with Crippen molar-refractivity contribution in [1.82, 2.24) is 0 Å². The predicted molar refractivity (Wildman–Crippen MR) is 161 cm³/mol. The Kier molecular flexibility index (Phi) is 12.1. The van der Waals surface area contributed by atoms with Gasteiger partial charge in [0.25, 0.3) is 0 Å². The smallest absolute Gasteiger partial charge is 0.303 e. The van der Waals surface area contributed by atoms with E-state index in [0.29, 0.717) is 6.42 Å². The van der Waals surface area contributed by atoms with Gasteiger partial charge in [-0.15, -0.1) is 0 Å². The van der Waals surface area contributed by atoms with Crippen LogP contribution in [0.25, 0.3) is 22.3 Å². The monoisotopic (exact) mass is 578 g/mol. The van der Waals surface area contributed by atoms with Gasteiger partial charge in [0.1, 0.15) is 22.5 Å². The quantitative estimate of drug-likeness (QED) is 0.0585. The molecule has 6 N–H and O–H groups in total. The summed E-state index contributed by atoms with van der Waals surface area (Å²) in [4.78, 5) is 23.4. The van der Waals surface area contributed by atoms with Gasteiger partial charge in [-0.2, -0.15) is 0 Å². The fourth-order valence-electron chi connectivity index (χ4n) is 4.53. The van der Waals surface area contributed by atoms with Gasteiger partial charge in [0.15, 0.2) is 17.3 Å². The molecule has 42 heavy (non-hydrogen) atoms. The molecule has 9 heteroatoms. The Labute approximate surface area is 244 Å². The maximum absolute atomic E-state index is 12.9. The zero-order valence-corrected chi connectivity index (χ0v) is 23.5. The van der Waals surface area contributed by atoms with E-state index in [0.717, 1.165) is 57.4 Å². The van der Waals surface area contributed by atoms with Gasteiger partial charge in [-0.3, -0.25) is 9.59 Å². The molecule has 0 spiro atoms. The fraction of sp³-hybridized carbons (Fsp3) is 0.333. The summed E-state index contributed by atoms with van der Waals surface area (Å²) in [5, 5.41) is 59.4. The Bertz CT molecular complexity index is 1510. The van der Waals surface area contributed by atoms with Gasteiger partial charge in [-0.05, 0) is 63.1 Å². The number of aromatic hydroxyl groups is 5. The van der Waals surface area contributed by atoms with Crippen molar-refractivity contribution in [3.8, 4) is 40.1 Å². The highest BCUT2D eigenvalue weighted by Gasteiger charge is 2.22. The summed E-state index contributed by atoms with van der Waals surface area (Å²) in [6.07, 6.45) is 20.9. The molecule has 0 unspecified atom stereocenters. The van der Waals surface area contributed by atoms with Crippen LogP contribution in [0, 0.1) is 0 Å². The number of carboxylic acids is 1. The molecule has 3 rings (SSSR count). The van der Waals surface area contributed by atoms with Gasteiger partial charge in [0.05, 0.1) is 0 Å². The standard InChI is InChI=1S/C33H38O9/c34-24-19-18-22(20-26(24)36)33-32(41)31(40)29-27(42-33)21-25(35)23(30(29)39)16-14-12-10-8-6-4-2-1-3-5-7-9-11-13-15-17-28(37)38/h1,3-4,6,10,12,18-21,34-36,39,41H,2,5,7-9,11,13-17H2,(H,37,38)/b3-1-,6-4-,12-10-. The Hall–Kier alpha value is -4.66. The molecule has 0 radical (unpaired) electrons. The summed E-state index contributed by atoms with van der Waals surface area (Å²) in [7, 11) is 0. The maximum Gasteiger partial charge on any atom is 0.303 e. The molecule has 9 nitrogen and oxygen atoms in total. The minimum atomic E-state index is -0.889. The van der Waals surface area contributed by atoms with Crippen molar-refractivity contribution in [3.63, 3.8) is 0 Å². The van der Waals surface area contributed by atoms with E-state index in [1.807, 2.05) is 18.2 Å². The lowest BCUT2D eigenvalue weighted by molar-refractivity contribution is -0.137. The van der Waals surface area contributed by atoms with E-state index in [-0.39, 0.29) is 52.2 Å². The number of hydrogen-bond donors (Lipinski definition) is 6. The van der Waals surface area contributed by atoms with E-state index in [9.17, 15) is 35.1 Å². The molecule has 0 aliphatic rings. The van der Waals surface area contributed by atoms with Gasteiger partial charge in [0, 0.05) is 23.6 Å². The lowest BCUT2D eigenvalue weighted by atomic mass is 10.0. The molecule has 0 fully saturated rings. The van der Waals surface area contributed by atoms with E-state index in [2.05, 4.69) is 18.2 Å². The van der Waals surface area contributed by atoms with E-state index in [4.69, 9.17) is 9.52 Å². The van der Waals surface area contributed by atoms with Crippen molar-refractivity contribution in [2.24, 2.45) is 0 Å². The van der Waals surface area contributed by atoms with Crippen molar-refractivity contribution in [1.29, 1.82) is 0 Å². The van der Waals surface area contributed by atoms with Gasteiger partial charge >= 0.3 is 5.97 Å². The second-order valence-electron chi connectivity index (χ2n) is 10.0. The van der Waals surface area contributed by atoms with Crippen LogP contribution < -0.4 is 5.43 Å². The summed E-state index contributed by atoms with van der Waals surface area (Å²) in [6, 6.07) is 4.83. The van der Waals surface area contributed by atoms with E-state index < -0.39 is 28.6 Å². The number of carbonyl (C=O) groups is 1. The van der Waals surface area contributed by atoms with Crippen LogP contribution in [-0.2, 0) is 11.2 Å². The minimum Gasteiger partial charge on any atom is -0.507 e. The van der Waals surface area contributed by atoms with Gasteiger partial charge in [0.2, 0.25) is 11.2 Å². The average Bonchev–Trinajstić information content (AvgIpc) is 2.95. The Morgan fingerprint density at radius 1 is 0.714 bits per heavy atom. The largest absolute Gasteiger partial charge is 0.507 e. The molecular formula is C33H38O9. The zero-order valence-electron chi connectivity index (χ0n) is 23.5. The van der Waals surface area contributed by atoms with Crippen molar-refractivity contribution in [3.05, 3.63) is 76.5 Å². The molecule has 0 saturated heterocycles. The summed E-state index contributed by atoms with van der Waals surface area (Å²) >= 11 is 0. The average molecular weight is 579 g/mol. The highest BCUT2D eigenvalue weighted by atomic mass is 16.4. The third kappa shape index (κ3) is 8.92. The van der Waals surface area contributed by atoms with Gasteiger partial charge in [-0.1, -0.05) is 55.7 Å². The topological polar surface area (TPSA) is 169 Å². The lowest BCUT2D eigenvalue weighted by Gasteiger charge is -2.11. The molecule has 0 saturated carbocycles. The van der Waals surface area contributed by atoms with Crippen LogP contribution in [0.1, 0.15) is 69.8 Å². The molecule has 1 aromatic heterocycles. The van der Waals surface area contributed by atoms with Crippen molar-refractivity contribution >= 4 is 16.9 Å². The predicted octanol–water partition coefficient (Wildman–Crippen LogP) is 7.18. The van der Waals surface area contributed by atoms with Crippen molar-refractivity contribution in [2.75, 3.05) is 0 Å². The number of rotatable bonds is 16. The number of benzene rings is 2. The van der Waals surface area contributed by atoms with Crippen LogP contribution in [-0.4, -0.2) is 36.6 Å². The summed E-state index contributed by atoms with van der Waals surface area (Å²) in [5.41, 5.74) is -0.740. The third-order valence-corrected chi connectivity index (χ3v) is 6.82. The normalized spacial score (nSPS) is 11.9. The number of phenolic OH excluding ortho intramolecular Hbond substituents is 4. The van der Waals surface area contributed by atoms with Crippen LogP contribution in [0.15, 0.2) is 69.9 Å². The molecule has 224 valence electrons. The Balaban J connectivity index is 1.48. The number of aliphatic carboxylic acids is 1. The number of fused-ring (bicyclic) bond motifs is 1.